The quantitative estimate of drug-likeness (QED) is 0.450. The molecular weight excluding hydrogens is 409 g/mol. The highest BCUT2D eigenvalue weighted by molar-refractivity contribution is 6.35. The van der Waals surface area contributed by atoms with Crippen molar-refractivity contribution in [1.29, 1.82) is 0 Å². The number of hydrogen-bond donors (Lipinski definition) is 1. The van der Waals surface area contributed by atoms with Gasteiger partial charge in [0, 0.05) is 21.9 Å². The molecule has 0 saturated carbocycles. The number of aromatic nitrogens is 1. The molecule has 138 valence electrons. The number of benzene rings is 2. The molecule has 8 heteroatoms. The van der Waals surface area contributed by atoms with E-state index in [0.29, 0.717) is 20.8 Å². The van der Waals surface area contributed by atoms with E-state index in [1.54, 1.807) is 36.5 Å². The summed E-state index contributed by atoms with van der Waals surface area (Å²) in [6.07, 6.45) is 3.43. The fraction of sp³-hybridized carbons (Fsp3) is 0.0526. The molecule has 0 radical (unpaired) electrons. The van der Waals surface area contributed by atoms with E-state index >= 15 is 0 Å². The molecule has 27 heavy (non-hydrogen) atoms. The van der Waals surface area contributed by atoms with Gasteiger partial charge in [0.1, 0.15) is 5.75 Å². The topological polar surface area (TPSA) is 55.6 Å². The van der Waals surface area contributed by atoms with Gasteiger partial charge in [-0.25, -0.2) is 5.43 Å². The molecule has 2 aromatic carbocycles. The highest BCUT2D eigenvalue weighted by Crippen LogP contribution is 2.27. The standard InChI is InChI=1S/C19H14Cl3N3O2/c20-13-3-6-15(7-4-13)25-9-1-2-16(25)11-23-24-19(26)12-27-18-8-5-14(21)10-17(18)22/h1-11H,12H2,(H,24,26)/b23-11+. The molecule has 0 fully saturated rings. The second kappa shape index (κ2) is 8.95. The minimum absolute atomic E-state index is 0.225. The second-order valence-corrected chi connectivity index (χ2v) is 6.72. The summed E-state index contributed by atoms with van der Waals surface area (Å²) >= 11 is 17.7. The predicted molar refractivity (Wildman–Crippen MR) is 108 cm³/mol. The lowest BCUT2D eigenvalue weighted by atomic mass is 10.3. The van der Waals surface area contributed by atoms with Gasteiger partial charge in [-0.15, -0.1) is 0 Å². The number of halogens is 3. The van der Waals surface area contributed by atoms with E-state index in [4.69, 9.17) is 39.5 Å². The lowest BCUT2D eigenvalue weighted by Gasteiger charge is -2.07. The maximum Gasteiger partial charge on any atom is 0.277 e. The molecule has 0 unspecified atom stereocenters. The first-order chi connectivity index (χ1) is 13.0. The highest BCUT2D eigenvalue weighted by Gasteiger charge is 2.06. The summed E-state index contributed by atoms with van der Waals surface area (Å²) in [5.41, 5.74) is 4.13. The molecule has 0 saturated heterocycles. The summed E-state index contributed by atoms with van der Waals surface area (Å²) in [7, 11) is 0. The molecule has 0 spiro atoms. The molecule has 0 bridgehead atoms. The average molecular weight is 423 g/mol. The van der Waals surface area contributed by atoms with Crippen LogP contribution in [0, 0.1) is 0 Å². The van der Waals surface area contributed by atoms with Crippen LogP contribution in [0.3, 0.4) is 0 Å². The van der Waals surface area contributed by atoms with Crippen LogP contribution in [0.25, 0.3) is 5.69 Å². The first-order valence-electron chi connectivity index (χ1n) is 7.86. The fourth-order valence-electron chi connectivity index (χ4n) is 2.27. The zero-order valence-electron chi connectivity index (χ0n) is 13.9. The number of nitrogens with one attached hydrogen (secondary N) is 1. The Morgan fingerprint density at radius 3 is 2.56 bits per heavy atom. The number of carbonyl (C=O) groups is 1. The third-order valence-corrected chi connectivity index (χ3v) is 4.31. The van der Waals surface area contributed by atoms with Gasteiger partial charge in [-0.1, -0.05) is 34.8 Å². The van der Waals surface area contributed by atoms with E-state index in [1.165, 1.54) is 0 Å². The van der Waals surface area contributed by atoms with Crippen molar-refractivity contribution in [2.24, 2.45) is 5.10 Å². The third kappa shape index (κ3) is 5.26. The Bertz CT molecular complexity index is 969. The van der Waals surface area contributed by atoms with Gasteiger partial charge in [-0.2, -0.15) is 5.10 Å². The van der Waals surface area contributed by atoms with Gasteiger partial charge < -0.3 is 9.30 Å². The van der Waals surface area contributed by atoms with Crippen LogP contribution >= 0.6 is 34.8 Å². The number of rotatable bonds is 6. The van der Waals surface area contributed by atoms with Gasteiger partial charge in [0.25, 0.3) is 5.91 Å². The SMILES string of the molecule is O=C(COc1ccc(Cl)cc1Cl)N/N=C/c1cccn1-c1ccc(Cl)cc1. The first-order valence-corrected chi connectivity index (χ1v) is 8.99. The second-order valence-electron chi connectivity index (χ2n) is 5.44. The van der Waals surface area contributed by atoms with E-state index in [0.717, 1.165) is 11.4 Å². The van der Waals surface area contributed by atoms with Crippen molar-refractivity contribution in [1.82, 2.24) is 9.99 Å². The van der Waals surface area contributed by atoms with Crippen LogP contribution in [-0.4, -0.2) is 23.3 Å². The van der Waals surface area contributed by atoms with Crippen LogP contribution in [0.4, 0.5) is 0 Å². The van der Waals surface area contributed by atoms with E-state index in [9.17, 15) is 4.79 Å². The third-order valence-electron chi connectivity index (χ3n) is 3.52. The predicted octanol–water partition coefficient (Wildman–Crippen LogP) is 4.97. The summed E-state index contributed by atoms with van der Waals surface area (Å²) < 4.78 is 7.26. The first kappa shape index (κ1) is 19.3. The number of hydrogen-bond acceptors (Lipinski definition) is 3. The van der Waals surface area contributed by atoms with Gasteiger partial charge in [-0.3, -0.25) is 4.79 Å². The van der Waals surface area contributed by atoms with E-state index < -0.39 is 5.91 Å². The summed E-state index contributed by atoms with van der Waals surface area (Å²) in [4.78, 5) is 11.9. The Balaban J connectivity index is 1.57. The molecular formula is C19H14Cl3N3O2. The largest absolute Gasteiger partial charge is 0.482 e. The fourth-order valence-corrected chi connectivity index (χ4v) is 2.86. The number of ether oxygens (including phenoxy) is 1. The molecule has 0 aliphatic heterocycles. The number of nitrogens with zero attached hydrogens (tertiary/aromatic N) is 2. The van der Waals surface area contributed by atoms with Crippen LogP contribution in [-0.2, 0) is 4.79 Å². The smallest absolute Gasteiger partial charge is 0.277 e. The van der Waals surface area contributed by atoms with Crippen LogP contribution < -0.4 is 10.2 Å². The monoisotopic (exact) mass is 421 g/mol. The average Bonchev–Trinajstić information content (AvgIpc) is 3.10. The van der Waals surface area contributed by atoms with E-state index in [-0.39, 0.29) is 6.61 Å². The van der Waals surface area contributed by atoms with Crippen molar-refractivity contribution in [2.75, 3.05) is 6.61 Å². The van der Waals surface area contributed by atoms with Crippen LogP contribution in [0.2, 0.25) is 15.1 Å². The van der Waals surface area contributed by atoms with Crippen molar-refractivity contribution < 1.29 is 9.53 Å². The summed E-state index contributed by atoms with van der Waals surface area (Å²) in [5.74, 6) is -0.0429. The van der Waals surface area contributed by atoms with Gasteiger partial charge in [0.2, 0.25) is 0 Å². The zero-order valence-corrected chi connectivity index (χ0v) is 16.2. The lowest BCUT2D eigenvalue weighted by Crippen LogP contribution is -2.24. The van der Waals surface area contributed by atoms with Crippen molar-refractivity contribution in [3.63, 3.8) is 0 Å². The van der Waals surface area contributed by atoms with Gasteiger partial charge >= 0.3 is 0 Å². The molecule has 5 nitrogen and oxygen atoms in total. The number of hydrazone groups is 1. The van der Waals surface area contributed by atoms with Crippen molar-refractivity contribution in [3.8, 4) is 11.4 Å². The Kier molecular flexibility index (Phi) is 6.40. The minimum atomic E-state index is -0.415. The molecule has 1 N–H and O–H groups in total. The minimum Gasteiger partial charge on any atom is -0.482 e. The number of carbonyl (C=O) groups excluding carboxylic acids is 1. The summed E-state index contributed by atoms with van der Waals surface area (Å²) in [6.45, 7) is -0.225. The molecule has 1 aromatic heterocycles. The maximum absolute atomic E-state index is 11.9. The van der Waals surface area contributed by atoms with E-state index in [2.05, 4.69) is 10.5 Å². The van der Waals surface area contributed by atoms with Crippen molar-refractivity contribution >= 4 is 46.9 Å². The summed E-state index contributed by atoms with van der Waals surface area (Å²) in [5, 5.41) is 5.45. The van der Waals surface area contributed by atoms with Crippen molar-refractivity contribution in [2.45, 2.75) is 0 Å². The van der Waals surface area contributed by atoms with E-state index in [1.807, 2.05) is 35.0 Å². The summed E-state index contributed by atoms with van der Waals surface area (Å²) in [6, 6.07) is 15.9. The molecule has 3 rings (SSSR count). The molecule has 3 aromatic rings. The molecule has 0 aliphatic carbocycles. The van der Waals surface area contributed by atoms with Crippen molar-refractivity contribution in [3.05, 3.63) is 81.6 Å². The number of amides is 1. The van der Waals surface area contributed by atoms with Gasteiger partial charge in [0.05, 0.1) is 16.9 Å². The Labute approximate surface area is 171 Å². The van der Waals surface area contributed by atoms with Crippen LogP contribution in [0.5, 0.6) is 5.75 Å². The van der Waals surface area contributed by atoms with Gasteiger partial charge in [-0.05, 0) is 54.6 Å². The highest BCUT2D eigenvalue weighted by atomic mass is 35.5. The van der Waals surface area contributed by atoms with Crippen LogP contribution in [0.1, 0.15) is 5.69 Å². The Morgan fingerprint density at radius 2 is 1.81 bits per heavy atom. The van der Waals surface area contributed by atoms with Crippen LogP contribution in [0.15, 0.2) is 65.9 Å². The molecule has 1 heterocycles. The molecule has 0 aliphatic rings. The normalized spacial score (nSPS) is 10.9. The Morgan fingerprint density at radius 1 is 1.07 bits per heavy atom. The zero-order chi connectivity index (χ0) is 19.2. The Hall–Kier alpha value is -2.47. The molecule has 1 amide bonds. The van der Waals surface area contributed by atoms with Gasteiger partial charge in [0.15, 0.2) is 6.61 Å². The lowest BCUT2D eigenvalue weighted by molar-refractivity contribution is -0.123. The maximum atomic E-state index is 11.9. The molecule has 0 atom stereocenters.